The Morgan fingerprint density at radius 1 is 0.966 bits per heavy atom. The van der Waals surface area contributed by atoms with Crippen LogP contribution in [0.2, 0.25) is 0 Å². The van der Waals surface area contributed by atoms with Gasteiger partial charge in [0.15, 0.2) is 0 Å². The summed E-state index contributed by atoms with van der Waals surface area (Å²) in [6, 6.07) is 0. The van der Waals surface area contributed by atoms with Gasteiger partial charge in [-0.3, -0.25) is 0 Å². The van der Waals surface area contributed by atoms with Crippen molar-refractivity contribution in [2.75, 3.05) is 0 Å². The first-order valence-electron chi connectivity index (χ1n) is 9.43. The quantitative estimate of drug-likeness (QED) is 0.342. The highest BCUT2D eigenvalue weighted by Crippen LogP contribution is 2.29. The largest absolute Gasteiger partial charge is 0.511 e. The fourth-order valence-corrected chi connectivity index (χ4v) is 3.00. The fourth-order valence-electron chi connectivity index (χ4n) is 3.00. The molecule has 0 saturated heterocycles. The van der Waals surface area contributed by atoms with Gasteiger partial charge >= 0.3 is 11.9 Å². The number of aliphatic hydroxyl groups is 1. The lowest BCUT2D eigenvalue weighted by molar-refractivity contribution is -0.147. The summed E-state index contributed by atoms with van der Waals surface area (Å²) in [5.41, 5.74) is 3.77. The van der Waals surface area contributed by atoms with Crippen molar-refractivity contribution in [1.82, 2.24) is 0 Å². The molecule has 0 radical (unpaired) electrons. The molecule has 0 bridgehead atoms. The second-order valence-electron chi connectivity index (χ2n) is 7.28. The average Bonchev–Trinajstić information content (AvgIpc) is 2.61. The van der Waals surface area contributed by atoms with E-state index < -0.39 is 18.0 Å². The monoisotopic (exact) mass is 398 g/mol. The fraction of sp³-hybridized carbons (Fsp3) is 0.333. The molecule has 1 heterocycles. The predicted octanol–water partition coefficient (Wildman–Crippen LogP) is 5.36. The summed E-state index contributed by atoms with van der Waals surface area (Å²) < 4.78 is 5.40. The Balaban J connectivity index is 2.75. The Kier molecular flexibility index (Phi) is 9.13. The molecule has 29 heavy (non-hydrogen) atoms. The average molecular weight is 398 g/mol. The van der Waals surface area contributed by atoms with Gasteiger partial charge in [-0.2, -0.15) is 0 Å². The van der Waals surface area contributed by atoms with Crippen molar-refractivity contribution in [3.05, 3.63) is 82.2 Å². The molecule has 0 unspecified atom stereocenters. The van der Waals surface area contributed by atoms with E-state index in [0.29, 0.717) is 5.57 Å². The third-order valence-electron chi connectivity index (χ3n) is 4.46. The first-order chi connectivity index (χ1) is 13.5. The molecule has 1 rings (SSSR count). The molecule has 156 valence electrons. The number of ether oxygens (including phenoxy) is 1. The van der Waals surface area contributed by atoms with Crippen molar-refractivity contribution in [2.45, 2.75) is 47.6 Å². The Morgan fingerprint density at radius 2 is 1.55 bits per heavy atom. The number of carbonyl (C=O) groups is 2. The molecule has 5 nitrogen and oxygen atoms in total. The summed E-state index contributed by atoms with van der Waals surface area (Å²) in [4.78, 5) is 22.4. The van der Waals surface area contributed by atoms with Crippen LogP contribution in [0.1, 0.15) is 41.5 Å². The zero-order valence-corrected chi connectivity index (χ0v) is 17.9. The normalized spacial score (nSPS) is 22.6. The molecular weight excluding hydrogens is 368 g/mol. The van der Waals surface area contributed by atoms with Gasteiger partial charge in [-0.1, -0.05) is 60.6 Å². The molecule has 0 aromatic heterocycles. The van der Waals surface area contributed by atoms with E-state index in [1.54, 1.807) is 13.8 Å². The minimum atomic E-state index is -0.959. The van der Waals surface area contributed by atoms with E-state index >= 15 is 0 Å². The van der Waals surface area contributed by atoms with Crippen LogP contribution >= 0.6 is 0 Å². The number of esters is 1. The lowest BCUT2D eigenvalue weighted by Crippen LogP contribution is -2.33. The van der Waals surface area contributed by atoms with E-state index in [1.807, 2.05) is 70.2 Å². The number of hydrogen-bond donors (Lipinski definition) is 2. The number of aliphatic carboxylic acids is 1. The van der Waals surface area contributed by atoms with Gasteiger partial charge in [0, 0.05) is 6.08 Å². The minimum Gasteiger partial charge on any atom is -0.511 e. The van der Waals surface area contributed by atoms with Gasteiger partial charge < -0.3 is 14.9 Å². The van der Waals surface area contributed by atoms with Crippen molar-refractivity contribution < 1.29 is 24.5 Å². The van der Waals surface area contributed by atoms with E-state index in [-0.39, 0.29) is 17.3 Å². The predicted molar refractivity (Wildman–Crippen MR) is 115 cm³/mol. The summed E-state index contributed by atoms with van der Waals surface area (Å²) in [6.07, 6.45) is 13.9. The van der Waals surface area contributed by atoms with Crippen molar-refractivity contribution in [1.29, 1.82) is 0 Å². The van der Waals surface area contributed by atoms with Crippen molar-refractivity contribution in [3.8, 4) is 0 Å². The van der Waals surface area contributed by atoms with Crippen LogP contribution in [0.25, 0.3) is 0 Å². The molecule has 1 aliphatic rings. The number of rotatable bonds is 7. The number of cyclic esters (lactones) is 1. The second-order valence-corrected chi connectivity index (χ2v) is 7.28. The Bertz CT molecular complexity index is 860. The van der Waals surface area contributed by atoms with Crippen molar-refractivity contribution >= 4 is 11.9 Å². The zero-order valence-electron chi connectivity index (χ0n) is 17.9. The third kappa shape index (κ3) is 7.82. The molecule has 0 aliphatic carbocycles. The molecule has 0 aromatic carbocycles. The summed E-state index contributed by atoms with van der Waals surface area (Å²) in [5, 5.41) is 18.8. The summed E-state index contributed by atoms with van der Waals surface area (Å²) >= 11 is 0. The number of aliphatic hydroxyl groups excluding tert-OH is 1. The molecule has 5 heteroatoms. The highest BCUT2D eigenvalue weighted by molar-refractivity contribution is 5.89. The lowest BCUT2D eigenvalue weighted by atomic mass is 9.91. The van der Waals surface area contributed by atoms with Gasteiger partial charge in [-0.25, -0.2) is 9.59 Å². The molecule has 0 spiro atoms. The summed E-state index contributed by atoms with van der Waals surface area (Å²) in [6.45, 7) is 10.9. The van der Waals surface area contributed by atoms with Crippen LogP contribution in [-0.2, 0) is 14.3 Å². The molecule has 1 aliphatic heterocycles. The van der Waals surface area contributed by atoms with E-state index in [9.17, 15) is 14.7 Å². The van der Waals surface area contributed by atoms with Gasteiger partial charge in [-0.05, 0) is 45.8 Å². The van der Waals surface area contributed by atoms with E-state index in [0.717, 1.165) is 16.7 Å². The van der Waals surface area contributed by atoms with Crippen LogP contribution in [-0.4, -0.2) is 28.3 Å². The highest BCUT2D eigenvalue weighted by atomic mass is 16.5. The van der Waals surface area contributed by atoms with Crippen LogP contribution in [0.15, 0.2) is 82.2 Å². The molecule has 0 amide bonds. The Hall–Kier alpha value is -3.08. The zero-order chi connectivity index (χ0) is 22.1. The number of carbonyl (C=O) groups excluding carboxylic acids is 1. The van der Waals surface area contributed by atoms with Crippen LogP contribution in [0.3, 0.4) is 0 Å². The standard InChI is InChI=1S/C24H30O5/c1-15(12-16(2)13-17(3)14-21(25)26)10-8-7-9-11-18(4)23-19(5)22(27)20(6)24(28)29-23/h7-14,19,23,27H,1-6H3,(H,25,26)/t19-,23+/m1/s1. The highest BCUT2D eigenvalue weighted by Gasteiger charge is 2.33. The smallest absolute Gasteiger partial charge is 0.337 e. The van der Waals surface area contributed by atoms with Gasteiger partial charge in [-0.15, -0.1) is 0 Å². The topological polar surface area (TPSA) is 83.8 Å². The maximum Gasteiger partial charge on any atom is 0.337 e. The Morgan fingerprint density at radius 3 is 2.17 bits per heavy atom. The molecule has 0 fully saturated rings. The summed E-state index contributed by atoms with van der Waals surface area (Å²) in [7, 11) is 0. The molecule has 2 atom stereocenters. The van der Waals surface area contributed by atoms with Crippen LogP contribution < -0.4 is 0 Å². The number of carboxylic acid groups (broad SMARTS) is 1. The molecule has 0 aromatic rings. The number of carboxylic acids is 1. The lowest BCUT2D eigenvalue weighted by Gasteiger charge is -2.29. The van der Waals surface area contributed by atoms with Gasteiger partial charge in [0.1, 0.15) is 11.9 Å². The third-order valence-corrected chi connectivity index (χ3v) is 4.46. The van der Waals surface area contributed by atoms with Crippen LogP contribution in [0.4, 0.5) is 0 Å². The first-order valence-corrected chi connectivity index (χ1v) is 9.43. The maximum absolute atomic E-state index is 11.8. The van der Waals surface area contributed by atoms with Gasteiger partial charge in [0.2, 0.25) is 0 Å². The van der Waals surface area contributed by atoms with Crippen LogP contribution in [0.5, 0.6) is 0 Å². The van der Waals surface area contributed by atoms with Crippen molar-refractivity contribution in [2.24, 2.45) is 5.92 Å². The minimum absolute atomic E-state index is 0.0838. The Labute approximate surface area is 172 Å². The maximum atomic E-state index is 11.8. The molecular formula is C24H30O5. The number of hydrogen-bond acceptors (Lipinski definition) is 4. The molecule has 0 saturated carbocycles. The SMILES string of the molecule is CC(=CC(=O)O)C=C(C)C=C(C)C=CC=CC=C(C)[C@@H]1OC(=O)C(C)=C(O)[C@H]1C. The summed E-state index contributed by atoms with van der Waals surface area (Å²) in [5.74, 6) is -1.63. The molecule has 2 N–H and O–H groups in total. The van der Waals surface area contributed by atoms with E-state index in [1.165, 1.54) is 6.08 Å². The van der Waals surface area contributed by atoms with E-state index in [2.05, 4.69) is 0 Å². The van der Waals surface area contributed by atoms with Gasteiger partial charge in [0.25, 0.3) is 0 Å². The van der Waals surface area contributed by atoms with Gasteiger partial charge in [0.05, 0.1) is 11.5 Å². The number of allylic oxidation sites excluding steroid dienone is 10. The van der Waals surface area contributed by atoms with Crippen LogP contribution in [0, 0.1) is 5.92 Å². The first kappa shape index (κ1) is 24.0. The van der Waals surface area contributed by atoms with E-state index in [4.69, 9.17) is 9.84 Å². The second kappa shape index (κ2) is 11.1. The van der Waals surface area contributed by atoms with Crippen molar-refractivity contribution in [3.63, 3.8) is 0 Å².